The fourth-order valence-electron chi connectivity index (χ4n) is 3.76. The van der Waals surface area contributed by atoms with Gasteiger partial charge >= 0.3 is 0 Å². The lowest BCUT2D eigenvalue weighted by atomic mass is 9.90. The van der Waals surface area contributed by atoms with Gasteiger partial charge in [0.15, 0.2) is 0 Å². The van der Waals surface area contributed by atoms with Gasteiger partial charge in [0.25, 0.3) is 0 Å². The zero-order valence-corrected chi connectivity index (χ0v) is 12.7. The van der Waals surface area contributed by atoms with E-state index in [0.29, 0.717) is 5.92 Å². The van der Waals surface area contributed by atoms with Crippen LogP contribution in [-0.4, -0.2) is 35.7 Å². The van der Waals surface area contributed by atoms with Crippen molar-refractivity contribution in [3.05, 3.63) is 0 Å². The minimum atomic E-state index is -0.0416. The number of nitrogens with zero attached hydrogens (tertiary/aromatic N) is 1. The summed E-state index contributed by atoms with van der Waals surface area (Å²) >= 11 is 0. The molecule has 2 fully saturated rings. The molecule has 2 rings (SSSR count). The molecule has 0 aromatic heterocycles. The summed E-state index contributed by atoms with van der Waals surface area (Å²) in [4.78, 5) is 2.58. The van der Waals surface area contributed by atoms with Crippen LogP contribution in [0.25, 0.3) is 0 Å². The van der Waals surface area contributed by atoms with Crippen molar-refractivity contribution in [3.63, 3.8) is 0 Å². The number of rotatable bonds is 2. The predicted molar refractivity (Wildman–Crippen MR) is 81.3 cm³/mol. The van der Waals surface area contributed by atoms with Crippen LogP contribution in [0.15, 0.2) is 0 Å². The van der Waals surface area contributed by atoms with Crippen molar-refractivity contribution in [2.24, 2.45) is 5.92 Å². The number of aliphatic hydroxyl groups excluding tert-OH is 1. The summed E-state index contributed by atoms with van der Waals surface area (Å²) in [6.45, 7) is 3.69. The summed E-state index contributed by atoms with van der Waals surface area (Å²) < 4.78 is 0. The Morgan fingerprint density at radius 3 is 1.84 bits per heavy atom. The zero-order chi connectivity index (χ0) is 13.3. The first kappa shape index (κ1) is 15.3. The summed E-state index contributed by atoms with van der Waals surface area (Å²) in [5, 5.41) is 10.5. The quantitative estimate of drug-likeness (QED) is 0.818. The lowest BCUT2D eigenvalue weighted by Gasteiger charge is -2.28. The summed E-state index contributed by atoms with van der Waals surface area (Å²) in [5.74, 6) is 0.539. The smallest absolute Gasteiger partial charge is 0.0580 e. The second-order valence-corrected chi connectivity index (χ2v) is 6.74. The molecule has 0 radical (unpaired) electrons. The monoisotopic (exact) mass is 267 g/mol. The highest BCUT2D eigenvalue weighted by Crippen LogP contribution is 2.23. The third-order valence-corrected chi connectivity index (χ3v) is 5.06. The minimum Gasteiger partial charge on any atom is -0.393 e. The van der Waals surface area contributed by atoms with Crippen molar-refractivity contribution in [3.8, 4) is 0 Å². The first-order chi connectivity index (χ1) is 9.36. The third-order valence-electron chi connectivity index (χ3n) is 5.06. The van der Waals surface area contributed by atoms with E-state index in [1.165, 1.54) is 83.7 Å². The molecule has 2 unspecified atom stereocenters. The molecule has 0 spiro atoms. The Balaban J connectivity index is 1.79. The average molecular weight is 267 g/mol. The summed E-state index contributed by atoms with van der Waals surface area (Å²) in [6, 6.07) is 0. The summed E-state index contributed by atoms with van der Waals surface area (Å²) in [7, 11) is 0. The van der Waals surface area contributed by atoms with Gasteiger partial charge in [-0.15, -0.1) is 0 Å². The largest absolute Gasteiger partial charge is 0.393 e. The van der Waals surface area contributed by atoms with E-state index >= 15 is 0 Å². The van der Waals surface area contributed by atoms with Crippen molar-refractivity contribution in [2.45, 2.75) is 83.2 Å². The highest BCUT2D eigenvalue weighted by atomic mass is 16.3. The first-order valence-corrected chi connectivity index (χ1v) is 8.76. The van der Waals surface area contributed by atoms with E-state index < -0.39 is 0 Å². The van der Waals surface area contributed by atoms with Crippen LogP contribution in [0.4, 0.5) is 0 Å². The van der Waals surface area contributed by atoms with Gasteiger partial charge < -0.3 is 10.0 Å². The molecule has 2 heteroatoms. The zero-order valence-electron chi connectivity index (χ0n) is 12.7. The van der Waals surface area contributed by atoms with Crippen molar-refractivity contribution in [1.82, 2.24) is 4.90 Å². The van der Waals surface area contributed by atoms with Crippen molar-refractivity contribution in [2.75, 3.05) is 19.6 Å². The number of hydrogen-bond donors (Lipinski definition) is 1. The molecule has 2 aliphatic rings. The molecule has 1 saturated carbocycles. The SMILES string of the molecule is OC1CCCCCCCCCCC1CN1CCCC1. The molecule has 1 N–H and O–H groups in total. The van der Waals surface area contributed by atoms with Crippen LogP contribution in [0.2, 0.25) is 0 Å². The fourth-order valence-corrected chi connectivity index (χ4v) is 3.76. The molecule has 0 bridgehead atoms. The van der Waals surface area contributed by atoms with Gasteiger partial charge in [-0.2, -0.15) is 0 Å². The first-order valence-electron chi connectivity index (χ1n) is 8.76. The number of hydrogen-bond acceptors (Lipinski definition) is 2. The molecule has 0 aromatic rings. The van der Waals surface area contributed by atoms with Gasteiger partial charge in [-0.25, -0.2) is 0 Å². The van der Waals surface area contributed by atoms with E-state index in [0.717, 1.165) is 13.0 Å². The highest BCUT2D eigenvalue weighted by molar-refractivity contribution is 4.76. The summed E-state index contributed by atoms with van der Waals surface area (Å²) in [5.41, 5.74) is 0. The topological polar surface area (TPSA) is 23.5 Å². The van der Waals surface area contributed by atoms with Gasteiger partial charge in [-0.05, 0) is 44.7 Å². The van der Waals surface area contributed by atoms with Crippen LogP contribution in [-0.2, 0) is 0 Å². The molecule has 0 aromatic carbocycles. The normalized spacial score (nSPS) is 32.7. The maximum absolute atomic E-state index is 10.5. The van der Waals surface area contributed by atoms with Crippen molar-refractivity contribution < 1.29 is 5.11 Å². The van der Waals surface area contributed by atoms with Gasteiger partial charge in [0.05, 0.1) is 6.10 Å². The van der Waals surface area contributed by atoms with Crippen LogP contribution in [0.1, 0.15) is 77.0 Å². The highest BCUT2D eigenvalue weighted by Gasteiger charge is 2.23. The Kier molecular flexibility index (Phi) is 7.23. The van der Waals surface area contributed by atoms with Gasteiger partial charge in [0.2, 0.25) is 0 Å². The minimum absolute atomic E-state index is 0.0416. The summed E-state index contributed by atoms with van der Waals surface area (Å²) in [6.07, 6.45) is 15.9. The molecule has 1 aliphatic carbocycles. The standard InChI is InChI=1S/C17H33NO/c19-17-12-8-6-4-2-1-3-5-7-11-16(17)15-18-13-9-10-14-18/h16-17,19H,1-15H2. The molecule has 0 amide bonds. The Bertz CT molecular complexity index is 225. The molecule has 19 heavy (non-hydrogen) atoms. The van der Waals surface area contributed by atoms with Gasteiger partial charge in [0.1, 0.15) is 0 Å². The second kappa shape index (κ2) is 8.97. The molecular formula is C17H33NO. The Morgan fingerprint density at radius 2 is 1.21 bits per heavy atom. The van der Waals surface area contributed by atoms with E-state index in [1.54, 1.807) is 0 Å². The molecule has 2 nitrogen and oxygen atoms in total. The molecular weight excluding hydrogens is 234 g/mol. The molecule has 112 valence electrons. The van der Waals surface area contributed by atoms with E-state index in [9.17, 15) is 5.11 Å². The molecule has 1 aliphatic heterocycles. The van der Waals surface area contributed by atoms with Crippen LogP contribution >= 0.6 is 0 Å². The average Bonchev–Trinajstić information content (AvgIpc) is 2.90. The lowest BCUT2D eigenvalue weighted by Crippen LogP contribution is -2.33. The Hall–Kier alpha value is -0.0800. The fraction of sp³-hybridized carbons (Fsp3) is 1.00. The van der Waals surface area contributed by atoms with E-state index in [-0.39, 0.29) is 6.10 Å². The number of aliphatic hydroxyl groups is 1. The van der Waals surface area contributed by atoms with Crippen LogP contribution in [0, 0.1) is 5.92 Å². The molecule has 1 heterocycles. The van der Waals surface area contributed by atoms with Gasteiger partial charge in [0, 0.05) is 6.54 Å². The maximum Gasteiger partial charge on any atom is 0.0580 e. The lowest BCUT2D eigenvalue weighted by molar-refractivity contribution is 0.0685. The maximum atomic E-state index is 10.5. The van der Waals surface area contributed by atoms with Gasteiger partial charge in [-0.1, -0.05) is 51.4 Å². The van der Waals surface area contributed by atoms with Crippen LogP contribution < -0.4 is 0 Å². The van der Waals surface area contributed by atoms with E-state index in [4.69, 9.17) is 0 Å². The van der Waals surface area contributed by atoms with Gasteiger partial charge in [-0.3, -0.25) is 0 Å². The van der Waals surface area contributed by atoms with Crippen molar-refractivity contribution in [1.29, 1.82) is 0 Å². The molecule has 2 atom stereocenters. The Labute approximate surface area is 119 Å². The predicted octanol–water partition coefficient (Wildman–Crippen LogP) is 3.97. The van der Waals surface area contributed by atoms with E-state index in [2.05, 4.69) is 4.90 Å². The van der Waals surface area contributed by atoms with Crippen LogP contribution in [0.5, 0.6) is 0 Å². The van der Waals surface area contributed by atoms with Crippen LogP contribution in [0.3, 0.4) is 0 Å². The third kappa shape index (κ3) is 5.83. The second-order valence-electron chi connectivity index (χ2n) is 6.74. The molecule has 1 saturated heterocycles. The van der Waals surface area contributed by atoms with Crippen molar-refractivity contribution >= 4 is 0 Å². The Morgan fingerprint density at radius 1 is 0.684 bits per heavy atom. The van der Waals surface area contributed by atoms with E-state index in [1.807, 2.05) is 0 Å². The number of likely N-dealkylation sites (tertiary alicyclic amines) is 1.